The van der Waals surface area contributed by atoms with Gasteiger partial charge in [0.25, 0.3) is 0 Å². The van der Waals surface area contributed by atoms with E-state index in [-0.39, 0.29) is 24.3 Å². The van der Waals surface area contributed by atoms with Gasteiger partial charge in [-0.15, -0.1) is 0 Å². The Balaban J connectivity index is 1.23. The van der Waals surface area contributed by atoms with E-state index in [1.165, 1.54) is 5.56 Å². The molecule has 0 radical (unpaired) electrons. The fourth-order valence-corrected chi connectivity index (χ4v) is 4.71. The highest BCUT2D eigenvalue weighted by atomic mass is 16.5. The van der Waals surface area contributed by atoms with Crippen molar-refractivity contribution in [3.63, 3.8) is 0 Å². The zero-order valence-electron chi connectivity index (χ0n) is 20.0. The third-order valence-electron chi connectivity index (χ3n) is 7.11. The molecule has 2 aromatic rings. The van der Waals surface area contributed by atoms with Crippen molar-refractivity contribution in [1.82, 2.24) is 19.3 Å². The Morgan fingerprint density at radius 3 is 2.44 bits per heavy atom. The van der Waals surface area contributed by atoms with Gasteiger partial charge in [-0.05, 0) is 43.4 Å². The molecule has 5 rings (SSSR count). The molecule has 1 aliphatic heterocycles. The highest BCUT2D eigenvalue weighted by Gasteiger charge is 2.37. The second-order valence-electron chi connectivity index (χ2n) is 9.85. The molecule has 3 fully saturated rings. The largest absolute Gasteiger partial charge is 0.379 e. The van der Waals surface area contributed by atoms with E-state index in [2.05, 4.69) is 52.1 Å². The van der Waals surface area contributed by atoms with Crippen molar-refractivity contribution in [1.29, 1.82) is 0 Å². The number of amides is 2. The molecule has 182 valence electrons. The lowest BCUT2D eigenvalue weighted by molar-refractivity contribution is -0.142. The van der Waals surface area contributed by atoms with Crippen LogP contribution in [0.4, 0.5) is 0 Å². The number of aromatic nitrogens is 1. The third-order valence-corrected chi connectivity index (χ3v) is 7.11. The monoisotopic (exact) mass is 464 g/mol. The quantitative estimate of drug-likeness (QED) is 0.513. The van der Waals surface area contributed by atoms with Gasteiger partial charge in [0.2, 0.25) is 11.8 Å². The van der Waals surface area contributed by atoms with E-state index in [1.54, 1.807) is 0 Å². The van der Waals surface area contributed by atoms with Crippen LogP contribution < -0.4 is 0 Å². The van der Waals surface area contributed by atoms with Crippen molar-refractivity contribution in [3.8, 4) is 0 Å². The summed E-state index contributed by atoms with van der Waals surface area (Å²) in [6, 6.07) is 14.9. The van der Waals surface area contributed by atoms with Gasteiger partial charge < -0.3 is 19.1 Å². The van der Waals surface area contributed by atoms with Gasteiger partial charge in [0.1, 0.15) is 0 Å². The molecule has 2 aliphatic carbocycles. The van der Waals surface area contributed by atoms with Crippen LogP contribution in [0.1, 0.15) is 36.9 Å². The third kappa shape index (κ3) is 6.07. The van der Waals surface area contributed by atoms with Gasteiger partial charge in [-0.2, -0.15) is 0 Å². The van der Waals surface area contributed by atoms with Crippen LogP contribution in [0.5, 0.6) is 0 Å². The van der Waals surface area contributed by atoms with Gasteiger partial charge in [0.15, 0.2) is 0 Å². The molecule has 1 aromatic heterocycles. The maximum Gasteiger partial charge on any atom is 0.242 e. The molecule has 0 unspecified atom stereocenters. The molecule has 0 N–H and O–H groups in total. The molecule has 2 heterocycles. The van der Waals surface area contributed by atoms with Gasteiger partial charge in [-0.25, -0.2) is 0 Å². The number of ether oxygens (including phenoxy) is 1. The van der Waals surface area contributed by atoms with Crippen LogP contribution in [0, 0.1) is 5.92 Å². The average molecular weight is 465 g/mol. The van der Waals surface area contributed by atoms with Crippen molar-refractivity contribution in [2.45, 2.75) is 44.8 Å². The first kappa shape index (κ1) is 23.1. The first-order valence-corrected chi connectivity index (χ1v) is 12.7. The molecular formula is C27H36N4O3. The summed E-state index contributed by atoms with van der Waals surface area (Å²) in [7, 11) is 0. The summed E-state index contributed by atoms with van der Waals surface area (Å²) < 4.78 is 7.67. The van der Waals surface area contributed by atoms with Crippen LogP contribution in [0.25, 0.3) is 0 Å². The molecule has 1 aromatic carbocycles. The lowest BCUT2D eigenvalue weighted by Crippen LogP contribution is -2.48. The van der Waals surface area contributed by atoms with Crippen LogP contribution in [0.3, 0.4) is 0 Å². The Kier molecular flexibility index (Phi) is 7.30. The summed E-state index contributed by atoms with van der Waals surface area (Å²) in [5.41, 5.74) is 2.38. The summed E-state index contributed by atoms with van der Waals surface area (Å²) in [6.45, 7) is 6.27. The average Bonchev–Trinajstić information content (AvgIpc) is 3.80. The first-order chi connectivity index (χ1) is 16.7. The Morgan fingerprint density at radius 1 is 0.971 bits per heavy atom. The van der Waals surface area contributed by atoms with E-state index in [4.69, 9.17) is 4.74 Å². The van der Waals surface area contributed by atoms with Gasteiger partial charge in [0.05, 0.1) is 26.3 Å². The zero-order valence-corrected chi connectivity index (χ0v) is 20.0. The lowest BCUT2D eigenvalue weighted by Gasteiger charge is -2.31. The molecule has 0 spiro atoms. The summed E-state index contributed by atoms with van der Waals surface area (Å²) in [5.74, 6) is 0.353. The Hall–Kier alpha value is -2.64. The number of morpholine rings is 1. The number of nitrogens with zero attached hydrogens (tertiary/aromatic N) is 4. The summed E-state index contributed by atoms with van der Waals surface area (Å²) in [5, 5.41) is 0. The number of hydrogen-bond donors (Lipinski definition) is 0. The highest BCUT2D eigenvalue weighted by molar-refractivity contribution is 5.87. The summed E-state index contributed by atoms with van der Waals surface area (Å²) in [4.78, 5) is 32.7. The zero-order chi connectivity index (χ0) is 23.3. The van der Waals surface area contributed by atoms with Gasteiger partial charge in [-0.3, -0.25) is 14.5 Å². The van der Waals surface area contributed by atoms with Gasteiger partial charge in [-0.1, -0.05) is 30.3 Å². The summed E-state index contributed by atoms with van der Waals surface area (Å²) in [6.07, 6.45) is 6.11. The van der Waals surface area contributed by atoms with E-state index in [0.29, 0.717) is 19.1 Å². The minimum atomic E-state index is 0.0749. The van der Waals surface area contributed by atoms with Crippen LogP contribution in [0.15, 0.2) is 48.7 Å². The molecule has 1 saturated heterocycles. The van der Waals surface area contributed by atoms with Crippen molar-refractivity contribution in [3.05, 3.63) is 59.9 Å². The van der Waals surface area contributed by atoms with E-state index in [0.717, 1.165) is 70.8 Å². The molecule has 7 nitrogen and oxygen atoms in total. The maximum absolute atomic E-state index is 13.5. The van der Waals surface area contributed by atoms with Gasteiger partial charge >= 0.3 is 0 Å². The Bertz CT molecular complexity index is 961. The van der Waals surface area contributed by atoms with Crippen LogP contribution in [-0.4, -0.2) is 83.1 Å². The van der Waals surface area contributed by atoms with E-state index in [9.17, 15) is 9.59 Å². The summed E-state index contributed by atoms with van der Waals surface area (Å²) >= 11 is 0. The minimum absolute atomic E-state index is 0.0749. The van der Waals surface area contributed by atoms with Crippen molar-refractivity contribution >= 4 is 11.8 Å². The van der Waals surface area contributed by atoms with E-state index in [1.807, 2.05) is 15.9 Å². The standard InChI is InChI=1S/C27H36N4O3/c32-26(21-30(27(33)23-8-9-23)14-13-28-15-17-34-18-16-28)31(24-10-11-24)20-25-7-4-12-29(25)19-22-5-2-1-3-6-22/h1-7,12,23-24H,8-11,13-21H2. The molecule has 0 atom stereocenters. The fraction of sp³-hybridized carbons (Fsp3) is 0.556. The second kappa shape index (κ2) is 10.7. The molecule has 2 saturated carbocycles. The van der Waals surface area contributed by atoms with Crippen LogP contribution in [-0.2, 0) is 27.4 Å². The van der Waals surface area contributed by atoms with Crippen molar-refractivity contribution in [2.24, 2.45) is 5.92 Å². The fourth-order valence-electron chi connectivity index (χ4n) is 4.71. The topological polar surface area (TPSA) is 58.0 Å². The van der Waals surface area contributed by atoms with Crippen molar-refractivity contribution in [2.75, 3.05) is 45.9 Å². The predicted octanol–water partition coefficient (Wildman–Crippen LogP) is 2.60. The normalized spacial score (nSPS) is 18.6. The number of hydrogen-bond acceptors (Lipinski definition) is 4. The lowest BCUT2D eigenvalue weighted by atomic mass is 10.2. The van der Waals surface area contributed by atoms with Crippen LogP contribution in [0.2, 0.25) is 0 Å². The first-order valence-electron chi connectivity index (χ1n) is 12.7. The maximum atomic E-state index is 13.5. The highest BCUT2D eigenvalue weighted by Crippen LogP contribution is 2.32. The van der Waals surface area contributed by atoms with E-state index >= 15 is 0 Å². The molecule has 3 aliphatic rings. The predicted molar refractivity (Wildman–Crippen MR) is 130 cm³/mol. The number of carbonyl (C=O) groups is 2. The number of carbonyl (C=O) groups excluding carboxylic acids is 2. The second-order valence-corrected chi connectivity index (χ2v) is 9.85. The molecule has 7 heteroatoms. The molecule has 0 bridgehead atoms. The smallest absolute Gasteiger partial charge is 0.242 e. The molecule has 34 heavy (non-hydrogen) atoms. The van der Waals surface area contributed by atoms with Crippen LogP contribution >= 0.6 is 0 Å². The minimum Gasteiger partial charge on any atom is -0.379 e. The van der Waals surface area contributed by atoms with Gasteiger partial charge in [0, 0.05) is 56.6 Å². The molecule has 2 amide bonds. The SMILES string of the molecule is O=C(C1CC1)N(CCN1CCOCC1)CC(=O)N(Cc1cccn1Cc1ccccc1)C1CC1. The Labute approximate surface area is 202 Å². The van der Waals surface area contributed by atoms with E-state index < -0.39 is 0 Å². The Morgan fingerprint density at radius 2 is 1.74 bits per heavy atom. The number of benzene rings is 1. The number of rotatable bonds is 11. The molecular weight excluding hydrogens is 428 g/mol. The van der Waals surface area contributed by atoms with Crippen molar-refractivity contribution < 1.29 is 14.3 Å².